The van der Waals surface area contributed by atoms with Gasteiger partial charge in [0, 0.05) is 12.7 Å². The third-order valence-electron chi connectivity index (χ3n) is 2.69. The van der Waals surface area contributed by atoms with E-state index in [1.807, 2.05) is 6.92 Å². The summed E-state index contributed by atoms with van der Waals surface area (Å²) in [6, 6.07) is 2.91. The van der Waals surface area contributed by atoms with Crippen molar-refractivity contribution in [3.8, 4) is 0 Å². The summed E-state index contributed by atoms with van der Waals surface area (Å²) in [5.74, 6) is -0.407. The van der Waals surface area contributed by atoms with E-state index < -0.39 is 15.9 Å². The van der Waals surface area contributed by atoms with E-state index >= 15 is 0 Å². The molecular weight excluding hydrogens is 254 g/mol. The number of carbonyl (C=O) groups is 1. The molecule has 0 aliphatic heterocycles. The Kier molecular flexibility index (Phi) is 4.31. The first-order valence-corrected chi connectivity index (χ1v) is 6.83. The maximum absolute atomic E-state index is 11.9. The Labute approximate surface area is 107 Å². The number of hydrogen-bond donors (Lipinski definition) is 3. The minimum absolute atomic E-state index is 0.0620. The fourth-order valence-electron chi connectivity index (χ4n) is 1.34. The Morgan fingerprint density at radius 2 is 1.94 bits per heavy atom. The van der Waals surface area contributed by atoms with E-state index in [0.717, 1.165) is 11.1 Å². The van der Waals surface area contributed by atoms with Gasteiger partial charge in [0.15, 0.2) is 0 Å². The molecule has 0 aliphatic rings. The minimum atomic E-state index is -3.72. The molecule has 4 N–H and O–H groups in total. The van der Waals surface area contributed by atoms with Crippen molar-refractivity contribution < 1.29 is 13.2 Å². The molecule has 0 saturated heterocycles. The van der Waals surface area contributed by atoms with Crippen LogP contribution < -0.4 is 15.8 Å². The number of amides is 1. The van der Waals surface area contributed by atoms with Crippen LogP contribution >= 0.6 is 0 Å². The topological polar surface area (TPSA) is 101 Å². The fraction of sp³-hybridized carbons (Fsp3) is 0.364. The molecular formula is C11H17N3O3S. The molecule has 18 heavy (non-hydrogen) atoms. The van der Waals surface area contributed by atoms with Gasteiger partial charge in [0.25, 0.3) is 0 Å². The molecule has 0 spiro atoms. The Hall–Kier alpha value is -1.60. The van der Waals surface area contributed by atoms with Gasteiger partial charge < -0.3 is 11.1 Å². The quantitative estimate of drug-likeness (QED) is 0.666. The minimum Gasteiger partial charge on any atom is -0.398 e. The van der Waals surface area contributed by atoms with Crippen LogP contribution in [0.1, 0.15) is 11.1 Å². The summed E-state index contributed by atoms with van der Waals surface area (Å²) in [6.45, 7) is 3.30. The van der Waals surface area contributed by atoms with Gasteiger partial charge in [0.05, 0.1) is 11.4 Å². The molecule has 0 aromatic heterocycles. The highest BCUT2D eigenvalue weighted by Crippen LogP contribution is 2.21. The van der Waals surface area contributed by atoms with Crippen LogP contribution in [0.2, 0.25) is 0 Å². The molecule has 0 saturated carbocycles. The van der Waals surface area contributed by atoms with Gasteiger partial charge >= 0.3 is 0 Å². The molecule has 6 nitrogen and oxygen atoms in total. The van der Waals surface area contributed by atoms with Crippen LogP contribution in [0.3, 0.4) is 0 Å². The summed E-state index contributed by atoms with van der Waals surface area (Å²) in [7, 11) is -2.28. The monoisotopic (exact) mass is 271 g/mol. The van der Waals surface area contributed by atoms with Crippen LogP contribution in [-0.4, -0.2) is 27.9 Å². The summed E-state index contributed by atoms with van der Waals surface area (Å²) in [6.07, 6.45) is 0. The number of nitrogen functional groups attached to an aromatic ring is 1. The van der Waals surface area contributed by atoms with E-state index in [0.29, 0.717) is 5.69 Å². The number of anilines is 1. The normalized spacial score (nSPS) is 11.3. The molecule has 1 rings (SSSR count). The average molecular weight is 271 g/mol. The second-order valence-corrected chi connectivity index (χ2v) is 5.72. The van der Waals surface area contributed by atoms with Crippen molar-refractivity contribution in [2.24, 2.45) is 0 Å². The highest BCUT2D eigenvalue weighted by Gasteiger charge is 2.17. The molecule has 0 heterocycles. The summed E-state index contributed by atoms with van der Waals surface area (Å²) in [4.78, 5) is 11.1. The van der Waals surface area contributed by atoms with Crippen LogP contribution in [0.4, 0.5) is 5.69 Å². The molecule has 100 valence electrons. The molecule has 0 atom stereocenters. The molecule has 0 unspecified atom stereocenters. The summed E-state index contributed by atoms with van der Waals surface area (Å²) >= 11 is 0. The summed E-state index contributed by atoms with van der Waals surface area (Å²) < 4.78 is 26.0. The first kappa shape index (κ1) is 14.5. The Morgan fingerprint density at radius 3 is 2.44 bits per heavy atom. The van der Waals surface area contributed by atoms with Crippen molar-refractivity contribution in [1.29, 1.82) is 0 Å². The molecule has 1 aromatic carbocycles. The van der Waals surface area contributed by atoms with Crippen molar-refractivity contribution in [2.75, 3.05) is 19.3 Å². The average Bonchev–Trinajstić information content (AvgIpc) is 2.32. The van der Waals surface area contributed by atoms with Crippen LogP contribution in [0.15, 0.2) is 17.0 Å². The number of carbonyl (C=O) groups excluding carboxylic acids is 1. The molecule has 0 aliphatic carbocycles. The predicted molar refractivity (Wildman–Crippen MR) is 69.6 cm³/mol. The van der Waals surface area contributed by atoms with Crippen molar-refractivity contribution in [1.82, 2.24) is 10.0 Å². The molecule has 0 fully saturated rings. The van der Waals surface area contributed by atoms with Gasteiger partial charge in [0.1, 0.15) is 0 Å². The molecule has 0 radical (unpaired) electrons. The van der Waals surface area contributed by atoms with Gasteiger partial charge in [-0.2, -0.15) is 0 Å². The molecule has 1 amide bonds. The molecule has 7 heteroatoms. The smallest absolute Gasteiger partial charge is 0.241 e. The second-order valence-electron chi connectivity index (χ2n) is 3.95. The Balaban J connectivity index is 3.02. The number of rotatable bonds is 4. The lowest BCUT2D eigenvalue weighted by molar-refractivity contribution is -0.119. The maximum atomic E-state index is 11.9. The van der Waals surface area contributed by atoms with Gasteiger partial charge in [-0.15, -0.1) is 0 Å². The van der Waals surface area contributed by atoms with E-state index in [9.17, 15) is 13.2 Å². The molecule has 0 bridgehead atoms. The lowest BCUT2D eigenvalue weighted by Crippen LogP contribution is -2.35. The van der Waals surface area contributed by atoms with Crippen LogP contribution in [-0.2, 0) is 14.8 Å². The highest BCUT2D eigenvalue weighted by molar-refractivity contribution is 7.89. The third-order valence-corrected chi connectivity index (χ3v) is 4.07. The summed E-state index contributed by atoms with van der Waals surface area (Å²) in [5.41, 5.74) is 7.78. The SMILES string of the molecule is CNC(=O)CNS(=O)(=O)c1cc(C)c(C)c(N)c1. The zero-order chi connectivity index (χ0) is 13.9. The second kappa shape index (κ2) is 5.36. The van der Waals surface area contributed by atoms with Crippen molar-refractivity contribution in [3.63, 3.8) is 0 Å². The lowest BCUT2D eigenvalue weighted by atomic mass is 10.1. The number of likely N-dealkylation sites (N-methyl/N-ethyl adjacent to an activating group) is 1. The zero-order valence-electron chi connectivity index (χ0n) is 10.6. The van der Waals surface area contributed by atoms with Crippen LogP contribution in [0.5, 0.6) is 0 Å². The number of benzene rings is 1. The van der Waals surface area contributed by atoms with Crippen molar-refractivity contribution in [3.05, 3.63) is 23.3 Å². The van der Waals surface area contributed by atoms with E-state index in [2.05, 4.69) is 10.0 Å². The van der Waals surface area contributed by atoms with Gasteiger partial charge in [-0.05, 0) is 37.1 Å². The van der Waals surface area contributed by atoms with Gasteiger partial charge in [-0.25, -0.2) is 13.1 Å². The molecule has 1 aromatic rings. The van der Waals surface area contributed by atoms with Crippen molar-refractivity contribution in [2.45, 2.75) is 18.7 Å². The summed E-state index contributed by atoms with van der Waals surface area (Å²) in [5, 5.41) is 2.33. The predicted octanol–water partition coefficient (Wildman–Crippen LogP) is -0.0901. The first-order valence-electron chi connectivity index (χ1n) is 5.35. The number of nitrogens with two attached hydrogens (primary N) is 1. The highest BCUT2D eigenvalue weighted by atomic mass is 32.2. The Morgan fingerprint density at radius 1 is 1.33 bits per heavy atom. The van der Waals surface area contributed by atoms with E-state index in [-0.39, 0.29) is 11.4 Å². The van der Waals surface area contributed by atoms with Gasteiger partial charge in [-0.1, -0.05) is 0 Å². The van der Waals surface area contributed by atoms with Crippen molar-refractivity contribution >= 4 is 21.6 Å². The Bertz CT molecular complexity index is 544. The lowest BCUT2D eigenvalue weighted by Gasteiger charge is -2.10. The van der Waals surface area contributed by atoms with Gasteiger partial charge in [-0.3, -0.25) is 4.79 Å². The van der Waals surface area contributed by atoms with Crippen LogP contribution in [0.25, 0.3) is 0 Å². The maximum Gasteiger partial charge on any atom is 0.241 e. The number of hydrogen-bond acceptors (Lipinski definition) is 4. The van der Waals surface area contributed by atoms with E-state index in [1.165, 1.54) is 19.2 Å². The standard InChI is InChI=1S/C11H17N3O3S/c1-7-4-9(5-10(12)8(7)2)18(16,17)14-6-11(15)13-3/h4-5,14H,6,12H2,1-3H3,(H,13,15). The largest absolute Gasteiger partial charge is 0.398 e. The number of nitrogens with one attached hydrogen (secondary N) is 2. The fourth-order valence-corrected chi connectivity index (χ4v) is 2.44. The number of aryl methyl sites for hydroxylation is 1. The van der Waals surface area contributed by atoms with E-state index in [1.54, 1.807) is 6.92 Å². The van der Waals surface area contributed by atoms with Crippen LogP contribution in [0, 0.1) is 13.8 Å². The van der Waals surface area contributed by atoms with E-state index in [4.69, 9.17) is 5.73 Å². The van der Waals surface area contributed by atoms with Gasteiger partial charge in [0.2, 0.25) is 15.9 Å². The third kappa shape index (κ3) is 3.21. The first-order chi connectivity index (χ1) is 8.27. The number of sulfonamides is 1. The zero-order valence-corrected chi connectivity index (χ0v) is 11.4.